The van der Waals surface area contributed by atoms with Gasteiger partial charge in [0.1, 0.15) is 41.0 Å². The molecule has 1 unspecified atom stereocenters. The van der Waals surface area contributed by atoms with E-state index in [4.69, 9.17) is 27.1 Å². The number of anilines is 2. The van der Waals surface area contributed by atoms with Crippen LogP contribution in [-0.4, -0.2) is 70.1 Å². The summed E-state index contributed by atoms with van der Waals surface area (Å²) in [5, 5.41) is 21.6. The predicted octanol–water partition coefficient (Wildman–Crippen LogP) is 6.59. The quantitative estimate of drug-likeness (QED) is 0.239. The lowest BCUT2D eigenvalue weighted by atomic mass is 9.90. The minimum absolute atomic E-state index is 0.0169. The maximum absolute atomic E-state index is 16.9. The lowest BCUT2D eigenvalue weighted by Crippen LogP contribution is -2.48. The second kappa shape index (κ2) is 11.2. The van der Waals surface area contributed by atoms with E-state index in [0.717, 1.165) is 30.7 Å². The van der Waals surface area contributed by atoms with Crippen molar-refractivity contribution in [3.63, 3.8) is 0 Å². The van der Waals surface area contributed by atoms with Gasteiger partial charge in [-0.25, -0.2) is 13.2 Å². The molecule has 3 N–H and O–H groups in total. The molecule has 45 heavy (non-hydrogen) atoms. The second-order valence-corrected chi connectivity index (χ2v) is 14.0. The Morgan fingerprint density at radius 2 is 2.04 bits per heavy atom. The van der Waals surface area contributed by atoms with Crippen molar-refractivity contribution in [1.29, 1.82) is 5.26 Å². The number of fused-ring (bicyclic) bond motifs is 3. The highest BCUT2D eigenvalue weighted by Gasteiger charge is 2.49. The molecule has 8 nitrogen and oxygen atoms in total. The summed E-state index contributed by atoms with van der Waals surface area (Å²) in [5.74, 6) is -1.01. The molecule has 2 aromatic carbocycles. The fourth-order valence-corrected chi connectivity index (χ4v) is 8.69. The van der Waals surface area contributed by atoms with Crippen LogP contribution in [0.3, 0.4) is 0 Å². The number of ether oxygens (including phenoxy) is 1. The lowest BCUT2D eigenvalue weighted by Gasteiger charge is -2.39. The van der Waals surface area contributed by atoms with Crippen LogP contribution in [0.5, 0.6) is 6.01 Å². The van der Waals surface area contributed by atoms with Crippen molar-refractivity contribution < 1.29 is 23.0 Å². The molecule has 5 heterocycles. The van der Waals surface area contributed by atoms with Crippen LogP contribution in [0.25, 0.3) is 32.1 Å². The van der Waals surface area contributed by atoms with Crippen molar-refractivity contribution >= 4 is 54.7 Å². The number of aliphatic hydroxyl groups is 1. The molecule has 0 saturated carbocycles. The molecule has 4 aromatic rings. The third kappa shape index (κ3) is 4.95. The Balaban J connectivity index is 1.40. The lowest BCUT2D eigenvalue weighted by molar-refractivity contribution is 0.0221. The Labute approximate surface area is 267 Å². The minimum atomic E-state index is -0.950. The summed E-state index contributed by atoms with van der Waals surface area (Å²) < 4.78 is 52.5. The first-order valence-electron chi connectivity index (χ1n) is 15.2. The van der Waals surface area contributed by atoms with Crippen LogP contribution in [0.2, 0.25) is 5.02 Å². The molecule has 13 heteroatoms. The van der Waals surface area contributed by atoms with Crippen LogP contribution in [-0.2, 0) is 0 Å². The molecule has 3 aliphatic heterocycles. The summed E-state index contributed by atoms with van der Waals surface area (Å²) >= 11 is 7.71. The SMILES string of the molecule is CCC1(O)CCCN(c2nc(OC[C@@]34CCCN3C[C@H](F)C4)nc3c(F)c(-c4ccc(F)c5sc(N)c(C#N)c45)c(Cl)cc23)C1. The van der Waals surface area contributed by atoms with Crippen molar-refractivity contribution in [1.82, 2.24) is 14.9 Å². The van der Waals surface area contributed by atoms with Crippen molar-refractivity contribution in [2.75, 3.05) is 43.4 Å². The van der Waals surface area contributed by atoms with Gasteiger partial charge in [0.2, 0.25) is 0 Å². The number of alkyl halides is 1. The maximum atomic E-state index is 16.9. The number of hydrogen-bond donors (Lipinski definition) is 2. The molecule has 0 aliphatic carbocycles. The predicted molar refractivity (Wildman–Crippen MR) is 170 cm³/mol. The normalized spacial score (nSPS) is 25.3. The number of thiophene rings is 1. The Kier molecular flexibility index (Phi) is 7.51. The average Bonchev–Trinajstić information content (AvgIpc) is 3.66. The Bertz CT molecular complexity index is 1880. The standard InChI is InChI=1S/C32H32ClF3N6O2S/c1-2-32(43)8-4-9-41(15-32)29-19-11-21(33)24(18-5-6-22(35)27-23(18)20(13-37)28(38)45-27)25(36)26(19)39-30(40-29)44-16-31-7-3-10-42(31)14-17(34)12-31/h5-6,11,17,43H,2-4,7-10,12,14-16,38H2,1H3/t17-,31+,32?/m1/s1. The third-order valence-electron chi connectivity index (χ3n) is 9.79. The fourth-order valence-electron chi connectivity index (χ4n) is 7.45. The van der Waals surface area contributed by atoms with Gasteiger partial charge in [0.25, 0.3) is 0 Å². The number of β-amino-alcohol motifs (C(OH)–C–C–N with tert-alkyl or cyclic N) is 1. The highest BCUT2D eigenvalue weighted by molar-refractivity contribution is 7.23. The zero-order valence-corrected chi connectivity index (χ0v) is 26.2. The first kappa shape index (κ1) is 30.3. The summed E-state index contributed by atoms with van der Waals surface area (Å²) in [4.78, 5) is 13.3. The zero-order valence-electron chi connectivity index (χ0n) is 24.7. The number of piperidine rings is 1. The van der Waals surface area contributed by atoms with E-state index in [9.17, 15) is 19.1 Å². The van der Waals surface area contributed by atoms with E-state index in [-0.39, 0.29) is 61.5 Å². The van der Waals surface area contributed by atoms with Gasteiger partial charge in [-0.3, -0.25) is 4.90 Å². The molecule has 0 radical (unpaired) electrons. The Hall–Kier alpha value is -3.37. The topological polar surface area (TPSA) is 112 Å². The number of nitrogens with zero attached hydrogens (tertiary/aromatic N) is 5. The van der Waals surface area contributed by atoms with Crippen LogP contribution < -0.4 is 15.4 Å². The third-order valence-corrected chi connectivity index (χ3v) is 11.1. The molecular formula is C32H32ClF3N6O2S. The first-order valence-corrected chi connectivity index (χ1v) is 16.4. The summed E-state index contributed by atoms with van der Waals surface area (Å²) in [7, 11) is 0. The monoisotopic (exact) mass is 656 g/mol. The summed E-state index contributed by atoms with van der Waals surface area (Å²) in [6.07, 6.45) is 2.97. The van der Waals surface area contributed by atoms with Crippen molar-refractivity contribution in [3.05, 3.63) is 40.4 Å². The highest BCUT2D eigenvalue weighted by atomic mass is 35.5. The highest BCUT2D eigenvalue weighted by Crippen LogP contribution is 2.46. The fraction of sp³-hybridized carbons (Fsp3) is 0.469. The Morgan fingerprint density at radius 1 is 1.24 bits per heavy atom. The summed E-state index contributed by atoms with van der Waals surface area (Å²) in [5.41, 5.74) is 4.75. The van der Waals surface area contributed by atoms with Gasteiger partial charge in [-0.2, -0.15) is 15.2 Å². The van der Waals surface area contributed by atoms with Crippen LogP contribution in [0.4, 0.5) is 24.0 Å². The molecule has 0 amide bonds. The van der Waals surface area contributed by atoms with Gasteiger partial charge in [0.15, 0.2) is 5.82 Å². The van der Waals surface area contributed by atoms with Crippen LogP contribution in [0, 0.1) is 23.0 Å². The number of rotatable bonds is 6. The molecule has 7 rings (SSSR count). The largest absolute Gasteiger partial charge is 0.461 e. The molecule has 236 valence electrons. The molecular weight excluding hydrogens is 625 g/mol. The molecule has 3 saturated heterocycles. The van der Waals surface area contributed by atoms with Crippen LogP contribution >= 0.6 is 22.9 Å². The number of aromatic nitrogens is 2. The number of nitrogens with two attached hydrogens (primary N) is 1. The number of nitriles is 1. The Morgan fingerprint density at radius 3 is 2.82 bits per heavy atom. The minimum Gasteiger partial charge on any atom is -0.461 e. The maximum Gasteiger partial charge on any atom is 0.319 e. The van der Waals surface area contributed by atoms with Crippen molar-refractivity contribution in [3.8, 4) is 23.2 Å². The van der Waals surface area contributed by atoms with E-state index in [1.807, 2.05) is 17.9 Å². The van der Waals surface area contributed by atoms with Gasteiger partial charge >= 0.3 is 6.01 Å². The van der Waals surface area contributed by atoms with E-state index >= 15 is 4.39 Å². The van der Waals surface area contributed by atoms with Crippen molar-refractivity contribution in [2.24, 2.45) is 0 Å². The molecule has 3 atom stereocenters. The molecule has 3 aliphatic rings. The van der Waals surface area contributed by atoms with Gasteiger partial charge in [-0.1, -0.05) is 24.6 Å². The van der Waals surface area contributed by atoms with E-state index in [1.54, 1.807) is 6.07 Å². The van der Waals surface area contributed by atoms with Gasteiger partial charge < -0.3 is 20.5 Å². The molecule has 3 fully saturated rings. The smallest absolute Gasteiger partial charge is 0.319 e. The molecule has 2 aromatic heterocycles. The van der Waals surface area contributed by atoms with Gasteiger partial charge in [-0.15, -0.1) is 11.3 Å². The van der Waals surface area contributed by atoms with E-state index in [2.05, 4.69) is 9.88 Å². The number of benzene rings is 2. The van der Waals surface area contributed by atoms with E-state index in [0.29, 0.717) is 50.0 Å². The van der Waals surface area contributed by atoms with Crippen LogP contribution in [0.1, 0.15) is 51.0 Å². The summed E-state index contributed by atoms with van der Waals surface area (Å²) in [6, 6.07) is 6.09. The van der Waals surface area contributed by atoms with Crippen LogP contribution in [0.15, 0.2) is 18.2 Å². The molecule has 0 bridgehead atoms. The number of hydrogen-bond acceptors (Lipinski definition) is 9. The van der Waals surface area contributed by atoms with Gasteiger partial charge in [0.05, 0.1) is 26.4 Å². The zero-order chi connectivity index (χ0) is 31.7. The number of halogens is 4. The van der Waals surface area contributed by atoms with E-state index < -0.39 is 28.9 Å². The van der Waals surface area contributed by atoms with E-state index in [1.165, 1.54) is 12.1 Å². The average molecular weight is 657 g/mol. The summed E-state index contributed by atoms with van der Waals surface area (Å²) in [6.45, 7) is 4.05. The number of nitrogen functional groups attached to an aromatic ring is 1. The first-order chi connectivity index (χ1) is 21.6. The molecule has 0 spiro atoms. The second-order valence-electron chi connectivity index (χ2n) is 12.5. The van der Waals surface area contributed by atoms with Crippen molar-refractivity contribution in [2.45, 2.75) is 62.8 Å². The van der Waals surface area contributed by atoms with Gasteiger partial charge in [-0.05, 0) is 56.3 Å². The van der Waals surface area contributed by atoms with Gasteiger partial charge in [0, 0.05) is 42.4 Å².